The van der Waals surface area contributed by atoms with E-state index in [-0.39, 0.29) is 19.4 Å². The van der Waals surface area contributed by atoms with Gasteiger partial charge < -0.3 is 10.1 Å². The molecule has 3 nitrogen and oxygen atoms in total. The topological polar surface area (TPSA) is 38.3 Å². The summed E-state index contributed by atoms with van der Waals surface area (Å²) in [5.74, 6) is 1.76. The van der Waals surface area contributed by atoms with Crippen molar-refractivity contribution in [1.82, 2.24) is 5.32 Å². The average Bonchev–Trinajstić information content (AvgIpc) is 2.37. The summed E-state index contributed by atoms with van der Waals surface area (Å²) in [7, 11) is 0. The van der Waals surface area contributed by atoms with Crippen LogP contribution in [0.2, 0.25) is 0 Å². The standard InChI is InChI=1S/C14H21NO2S.CH4/c1-4-17-13-7-5-6-12(10-13)14(16)15-11(2)8-9-18-3;/h5-7,10-11H,4,8-9H2,1-3H3,(H,15,16);1H4/t11-;/m1./s1. The van der Waals surface area contributed by atoms with Crippen LogP contribution in [-0.4, -0.2) is 30.6 Å². The zero-order valence-electron chi connectivity index (χ0n) is 11.2. The molecule has 19 heavy (non-hydrogen) atoms. The molecule has 0 aromatic heterocycles. The van der Waals surface area contributed by atoms with E-state index < -0.39 is 0 Å². The molecule has 0 heterocycles. The van der Waals surface area contributed by atoms with Crippen molar-refractivity contribution in [2.75, 3.05) is 18.6 Å². The van der Waals surface area contributed by atoms with E-state index in [0.29, 0.717) is 12.2 Å². The summed E-state index contributed by atoms with van der Waals surface area (Å²) in [6.07, 6.45) is 3.05. The molecule has 0 aliphatic rings. The third-order valence-electron chi connectivity index (χ3n) is 2.54. The zero-order chi connectivity index (χ0) is 13.4. The number of hydrogen-bond donors (Lipinski definition) is 1. The second kappa shape index (κ2) is 9.73. The quantitative estimate of drug-likeness (QED) is 0.831. The van der Waals surface area contributed by atoms with Crippen LogP contribution in [0.15, 0.2) is 24.3 Å². The highest BCUT2D eigenvalue weighted by Crippen LogP contribution is 2.13. The molecule has 0 saturated heterocycles. The first-order valence-corrected chi connectivity index (χ1v) is 7.59. The Bertz CT molecular complexity index is 382. The number of thioether (sulfide) groups is 1. The second-order valence-electron chi connectivity index (χ2n) is 4.12. The molecule has 108 valence electrons. The van der Waals surface area contributed by atoms with Crippen LogP contribution < -0.4 is 10.1 Å². The summed E-state index contributed by atoms with van der Waals surface area (Å²) >= 11 is 1.79. The van der Waals surface area contributed by atoms with Crippen LogP contribution >= 0.6 is 11.8 Å². The van der Waals surface area contributed by atoms with Crippen molar-refractivity contribution in [2.45, 2.75) is 33.7 Å². The van der Waals surface area contributed by atoms with Gasteiger partial charge in [0.25, 0.3) is 5.91 Å². The van der Waals surface area contributed by atoms with Gasteiger partial charge in [-0.05, 0) is 50.5 Å². The van der Waals surface area contributed by atoms with E-state index in [1.165, 1.54) is 0 Å². The highest BCUT2D eigenvalue weighted by Gasteiger charge is 2.10. The van der Waals surface area contributed by atoms with Crippen molar-refractivity contribution in [3.05, 3.63) is 29.8 Å². The fourth-order valence-electron chi connectivity index (χ4n) is 1.57. The van der Waals surface area contributed by atoms with Gasteiger partial charge >= 0.3 is 0 Å². The molecule has 1 rings (SSSR count). The molecule has 1 atom stereocenters. The van der Waals surface area contributed by atoms with E-state index in [2.05, 4.69) is 11.6 Å². The summed E-state index contributed by atoms with van der Waals surface area (Å²) in [6, 6.07) is 7.48. The van der Waals surface area contributed by atoms with Crippen LogP contribution in [-0.2, 0) is 0 Å². The predicted molar refractivity (Wildman–Crippen MR) is 84.3 cm³/mol. The number of carbonyl (C=O) groups is 1. The molecular weight excluding hydrogens is 258 g/mol. The highest BCUT2D eigenvalue weighted by atomic mass is 32.2. The fourth-order valence-corrected chi connectivity index (χ4v) is 2.16. The van der Waals surface area contributed by atoms with Crippen LogP contribution in [0.1, 0.15) is 38.1 Å². The van der Waals surface area contributed by atoms with Gasteiger partial charge in [0.05, 0.1) is 6.61 Å². The van der Waals surface area contributed by atoms with Gasteiger partial charge in [-0.3, -0.25) is 4.79 Å². The Labute approximate surface area is 121 Å². The van der Waals surface area contributed by atoms with Crippen molar-refractivity contribution in [2.24, 2.45) is 0 Å². The van der Waals surface area contributed by atoms with Gasteiger partial charge in [0.2, 0.25) is 0 Å². The minimum atomic E-state index is -0.0369. The fraction of sp³-hybridized carbons (Fsp3) is 0.533. The summed E-state index contributed by atoms with van der Waals surface area (Å²) in [5, 5.41) is 2.99. The Balaban J connectivity index is 0.00000324. The van der Waals surface area contributed by atoms with Crippen molar-refractivity contribution >= 4 is 17.7 Å². The van der Waals surface area contributed by atoms with Crippen LogP contribution in [0, 0.1) is 0 Å². The molecule has 1 amide bonds. The van der Waals surface area contributed by atoms with E-state index in [1.54, 1.807) is 23.9 Å². The molecule has 1 aromatic carbocycles. The van der Waals surface area contributed by atoms with E-state index >= 15 is 0 Å². The minimum absolute atomic E-state index is 0. The lowest BCUT2D eigenvalue weighted by molar-refractivity contribution is 0.0939. The molecule has 0 radical (unpaired) electrons. The maximum Gasteiger partial charge on any atom is 0.251 e. The van der Waals surface area contributed by atoms with Gasteiger partial charge in [-0.2, -0.15) is 11.8 Å². The molecule has 4 heteroatoms. The van der Waals surface area contributed by atoms with Gasteiger partial charge in [0.15, 0.2) is 0 Å². The van der Waals surface area contributed by atoms with Crippen molar-refractivity contribution < 1.29 is 9.53 Å². The minimum Gasteiger partial charge on any atom is -0.494 e. The number of ether oxygens (including phenoxy) is 1. The number of benzene rings is 1. The lowest BCUT2D eigenvalue weighted by Crippen LogP contribution is -2.32. The first-order valence-electron chi connectivity index (χ1n) is 6.20. The molecule has 1 aromatic rings. The molecule has 0 unspecified atom stereocenters. The second-order valence-corrected chi connectivity index (χ2v) is 5.10. The monoisotopic (exact) mass is 283 g/mol. The van der Waals surface area contributed by atoms with E-state index in [1.807, 2.05) is 26.0 Å². The summed E-state index contributed by atoms with van der Waals surface area (Å²) in [5.41, 5.74) is 0.650. The van der Waals surface area contributed by atoms with Gasteiger partial charge in [-0.25, -0.2) is 0 Å². The van der Waals surface area contributed by atoms with Gasteiger partial charge in [-0.1, -0.05) is 13.5 Å². The summed E-state index contributed by atoms with van der Waals surface area (Å²) < 4.78 is 5.38. The Morgan fingerprint density at radius 2 is 2.21 bits per heavy atom. The first kappa shape index (κ1) is 17.8. The van der Waals surface area contributed by atoms with Gasteiger partial charge in [-0.15, -0.1) is 0 Å². The number of amides is 1. The molecule has 0 fully saturated rings. The molecule has 0 saturated carbocycles. The molecule has 0 bridgehead atoms. The van der Waals surface area contributed by atoms with E-state index in [4.69, 9.17) is 4.74 Å². The van der Waals surface area contributed by atoms with Crippen LogP contribution in [0.5, 0.6) is 5.75 Å². The lowest BCUT2D eigenvalue weighted by Gasteiger charge is -2.13. The Hall–Kier alpha value is -1.16. The number of hydrogen-bond acceptors (Lipinski definition) is 3. The largest absolute Gasteiger partial charge is 0.494 e. The molecule has 0 aliphatic heterocycles. The molecular formula is C15H25NO2S. The Kier molecular flexibility index (Phi) is 9.13. The average molecular weight is 283 g/mol. The molecule has 0 spiro atoms. The van der Waals surface area contributed by atoms with Crippen molar-refractivity contribution in [1.29, 1.82) is 0 Å². The smallest absolute Gasteiger partial charge is 0.251 e. The Morgan fingerprint density at radius 1 is 1.47 bits per heavy atom. The number of nitrogens with one attached hydrogen (secondary N) is 1. The lowest BCUT2D eigenvalue weighted by atomic mass is 10.1. The Morgan fingerprint density at radius 3 is 2.84 bits per heavy atom. The van der Waals surface area contributed by atoms with Crippen molar-refractivity contribution in [3.63, 3.8) is 0 Å². The zero-order valence-corrected chi connectivity index (χ0v) is 12.0. The predicted octanol–water partition coefficient (Wildman–Crippen LogP) is 3.59. The van der Waals surface area contributed by atoms with E-state index in [0.717, 1.165) is 17.9 Å². The normalized spacial score (nSPS) is 11.3. The summed E-state index contributed by atoms with van der Waals surface area (Å²) in [6.45, 7) is 4.56. The van der Waals surface area contributed by atoms with Crippen LogP contribution in [0.3, 0.4) is 0 Å². The SMILES string of the molecule is C.CCOc1cccc(C(=O)N[C@H](C)CCSC)c1. The van der Waals surface area contributed by atoms with E-state index in [9.17, 15) is 4.79 Å². The first-order chi connectivity index (χ1) is 8.67. The summed E-state index contributed by atoms with van der Waals surface area (Å²) in [4.78, 5) is 12.0. The van der Waals surface area contributed by atoms with Gasteiger partial charge in [0, 0.05) is 11.6 Å². The van der Waals surface area contributed by atoms with Gasteiger partial charge in [0.1, 0.15) is 5.75 Å². The van der Waals surface area contributed by atoms with Crippen molar-refractivity contribution in [3.8, 4) is 5.75 Å². The van der Waals surface area contributed by atoms with Crippen LogP contribution in [0.4, 0.5) is 0 Å². The third kappa shape index (κ3) is 6.53. The number of rotatable bonds is 7. The number of carbonyl (C=O) groups excluding carboxylic acids is 1. The molecule has 0 aliphatic carbocycles. The van der Waals surface area contributed by atoms with Crippen LogP contribution in [0.25, 0.3) is 0 Å². The highest BCUT2D eigenvalue weighted by molar-refractivity contribution is 7.98. The molecule has 1 N–H and O–H groups in total. The maximum absolute atomic E-state index is 12.0. The third-order valence-corrected chi connectivity index (χ3v) is 3.18. The maximum atomic E-state index is 12.0.